The highest BCUT2D eigenvalue weighted by atomic mass is 32.1. The number of fused-ring (bicyclic) bond motifs is 1. The van der Waals surface area contributed by atoms with Crippen molar-refractivity contribution in [2.24, 2.45) is 0 Å². The highest BCUT2D eigenvalue weighted by molar-refractivity contribution is 7.13. The van der Waals surface area contributed by atoms with Crippen molar-refractivity contribution in [1.82, 2.24) is 3.96 Å². The lowest BCUT2D eigenvalue weighted by molar-refractivity contribution is 0.472. The minimum absolute atomic E-state index is 0.0136. The summed E-state index contributed by atoms with van der Waals surface area (Å²) in [6.45, 7) is 5.78. The van der Waals surface area contributed by atoms with Crippen molar-refractivity contribution < 1.29 is 5.11 Å². The summed E-state index contributed by atoms with van der Waals surface area (Å²) in [6.07, 6.45) is 0. The summed E-state index contributed by atoms with van der Waals surface area (Å²) < 4.78 is 2.66. The Hall–Kier alpha value is -1.29. The summed E-state index contributed by atoms with van der Waals surface area (Å²) in [5.74, 6) is 0.188. The van der Waals surface area contributed by atoms with Gasteiger partial charge in [-0.1, -0.05) is 11.5 Å². The van der Waals surface area contributed by atoms with Crippen LogP contribution in [0.15, 0.2) is 16.9 Å². The van der Waals surface area contributed by atoms with Crippen LogP contribution in [0, 0.1) is 6.92 Å². The molecule has 0 unspecified atom stereocenters. The normalized spacial score (nSPS) is 11.5. The van der Waals surface area contributed by atoms with E-state index in [2.05, 4.69) is 0 Å². The molecule has 3 nitrogen and oxygen atoms in total. The number of benzene rings is 1. The van der Waals surface area contributed by atoms with Gasteiger partial charge in [0.1, 0.15) is 5.75 Å². The minimum Gasteiger partial charge on any atom is -0.508 e. The molecule has 15 heavy (non-hydrogen) atoms. The molecule has 2 rings (SSSR count). The third kappa shape index (κ3) is 1.55. The average molecular weight is 223 g/mol. The van der Waals surface area contributed by atoms with E-state index in [1.54, 1.807) is 10.0 Å². The van der Waals surface area contributed by atoms with Gasteiger partial charge in [0.2, 0.25) is 0 Å². The fraction of sp³-hybridized carbons (Fsp3) is 0.364. The van der Waals surface area contributed by atoms with Crippen LogP contribution in [-0.2, 0) is 0 Å². The van der Waals surface area contributed by atoms with Gasteiger partial charge in [0.05, 0.1) is 10.1 Å². The summed E-state index contributed by atoms with van der Waals surface area (Å²) in [7, 11) is 0. The van der Waals surface area contributed by atoms with Gasteiger partial charge in [-0.3, -0.25) is 8.75 Å². The van der Waals surface area contributed by atoms with E-state index in [0.29, 0.717) is 5.39 Å². The molecule has 0 radical (unpaired) electrons. The maximum atomic E-state index is 11.9. The molecule has 0 atom stereocenters. The summed E-state index contributed by atoms with van der Waals surface area (Å²) in [5, 5.41) is 10.2. The molecule has 0 aliphatic carbocycles. The van der Waals surface area contributed by atoms with Crippen molar-refractivity contribution in [2.45, 2.75) is 26.8 Å². The van der Waals surface area contributed by atoms with Crippen molar-refractivity contribution in [3.8, 4) is 5.75 Å². The molecule has 80 valence electrons. The average Bonchev–Trinajstić information content (AvgIpc) is 2.46. The van der Waals surface area contributed by atoms with Crippen LogP contribution in [-0.4, -0.2) is 9.06 Å². The van der Waals surface area contributed by atoms with Gasteiger partial charge in [-0.05, 0) is 38.5 Å². The number of phenols is 1. The monoisotopic (exact) mass is 223 g/mol. The fourth-order valence-corrected chi connectivity index (χ4v) is 2.60. The Morgan fingerprint density at radius 3 is 2.67 bits per heavy atom. The third-order valence-electron chi connectivity index (χ3n) is 2.39. The fourth-order valence-electron chi connectivity index (χ4n) is 1.52. The lowest BCUT2D eigenvalue weighted by Gasteiger charge is -2.01. The number of hydrogen-bond donors (Lipinski definition) is 1. The molecular formula is C11H13NO2S. The van der Waals surface area contributed by atoms with Crippen LogP contribution in [0.1, 0.15) is 25.5 Å². The van der Waals surface area contributed by atoms with Crippen molar-refractivity contribution in [3.63, 3.8) is 0 Å². The number of nitrogens with zero attached hydrogens (tertiary/aromatic N) is 1. The standard InChI is InChI=1S/C11H13NO2S/c1-6(2)12-11(14)8-5-9(13)7(3)4-10(8)15-12/h4-6,13H,1-3H3. The number of aromatic nitrogens is 1. The first-order valence-corrected chi connectivity index (χ1v) is 5.63. The van der Waals surface area contributed by atoms with E-state index < -0.39 is 0 Å². The van der Waals surface area contributed by atoms with Gasteiger partial charge in [-0.15, -0.1) is 0 Å². The van der Waals surface area contributed by atoms with E-state index in [4.69, 9.17) is 0 Å². The SMILES string of the molecule is Cc1cc2sn(C(C)C)c(=O)c2cc1O. The van der Waals surface area contributed by atoms with Gasteiger partial charge in [-0.2, -0.15) is 0 Å². The predicted octanol–water partition coefficient (Wildman–Crippen LogP) is 2.66. The van der Waals surface area contributed by atoms with Crippen molar-refractivity contribution >= 4 is 21.6 Å². The second kappa shape index (κ2) is 3.38. The Bertz CT molecular complexity index is 566. The van der Waals surface area contributed by atoms with Crippen LogP contribution in [0.25, 0.3) is 10.1 Å². The number of rotatable bonds is 1. The van der Waals surface area contributed by atoms with E-state index in [0.717, 1.165) is 10.3 Å². The van der Waals surface area contributed by atoms with E-state index in [1.165, 1.54) is 11.5 Å². The van der Waals surface area contributed by atoms with Gasteiger partial charge in [0.15, 0.2) is 0 Å². The first-order chi connectivity index (χ1) is 7.00. The maximum Gasteiger partial charge on any atom is 0.268 e. The van der Waals surface area contributed by atoms with Crippen LogP contribution >= 0.6 is 11.5 Å². The molecule has 0 aliphatic heterocycles. The van der Waals surface area contributed by atoms with Crippen LogP contribution in [0.2, 0.25) is 0 Å². The summed E-state index contributed by atoms with van der Waals surface area (Å²) in [6, 6.07) is 3.58. The first-order valence-electron chi connectivity index (χ1n) is 4.86. The Morgan fingerprint density at radius 2 is 2.07 bits per heavy atom. The van der Waals surface area contributed by atoms with Crippen LogP contribution < -0.4 is 5.56 Å². The largest absolute Gasteiger partial charge is 0.508 e. The molecule has 2 aromatic rings. The minimum atomic E-state index is -0.0136. The van der Waals surface area contributed by atoms with E-state index in [9.17, 15) is 9.90 Å². The number of aromatic hydroxyl groups is 1. The molecular weight excluding hydrogens is 210 g/mol. The highest BCUT2D eigenvalue weighted by Gasteiger charge is 2.11. The zero-order chi connectivity index (χ0) is 11.2. The Morgan fingerprint density at radius 1 is 1.40 bits per heavy atom. The van der Waals surface area contributed by atoms with E-state index >= 15 is 0 Å². The zero-order valence-corrected chi connectivity index (χ0v) is 9.76. The quantitative estimate of drug-likeness (QED) is 0.807. The van der Waals surface area contributed by atoms with E-state index in [-0.39, 0.29) is 17.4 Å². The maximum absolute atomic E-state index is 11.9. The first kappa shape index (κ1) is 10.2. The van der Waals surface area contributed by atoms with E-state index in [1.807, 2.05) is 26.8 Å². The third-order valence-corrected chi connectivity index (χ3v) is 3.71. The molecule has 0 fully saturated rings. The van der Waals surface area contributed by atoms with Crippen molar-refractivity contribution in [2.75, 3.05) is 0 Å². The Kier molecular flexibility index (Phi) is 2.31. The summed E-state index contributed by atoms with van der Waals surface area (Å²) >= 11 is 1.45. The van der Waals surface area contributed by atoms with Gasteiger partial charge < -0.3 is 5.11 Å². The van der Waals surface area contributed by atoms with Gasteiger partial charge in [0, 0.05) is 6.04 Å². The van der Waals surface area contributed by atoms with Crippen molar-refractivity contribution in [3.05, 3.63) is 28.0 Å². The van der Waals surface area contributed by atoms with Crippen LogP contribution in [0.4, 0.5) is 0 Å². The van der Waals surface area contributed by atoms with Gasteiger partial charge in [0.25, 0.3) is 5.56 Å². The Balaban J connectivity index is 2.83. The molecule has 1 heterocycles. The number of phenolic OH excluding ortho intramolecular Hbond substituents is 1. The lowest BCUT2D eigenvalue weighted by Crippen LogP contribution is -2.14. The Labute approximate surface area is 91.7 Å². The molecule has 1 aromatic heterocycles. The molecule has 4 heteroatoms. The van der Waals surface area contributed by atoms with Crippen molar-refractivity contribution in [1.29, 1.82) is 0 Å². The van der Waals surface area contributed by atoms with Crippen LogP contribution in [0.5, 0.6) is 5.75 Å². The number of hydrogen-bond acceptors (Lipinski definition) is 3. The number of aryl methyl sites for hydroxylation is 1. The molecule has 0 bridgehead atoms. The topological polar surface area (TPSA) is 42.2 Å². The second-order valence-electron chi connectivity index (χ2n) is 3.95. The second-order valence-corrected chi connectivity index (χ2v) is 4.97. The molecule has 0 aliphatic rings. The van der Waals surface area contributed by atoms with Gasteiger partial charge >= 0.3 is 0 Å². The highest BCUT2D eigenvalue weighted by Crippen LogP contribution is 2.26. The molecule has 0 saturated heterocycles. The molecule has 1 N–H and O–H groups in total. The predicted molar refractivity (Wildman–Crippen MR) is 62.9 cm³/mol. The summed E-state index contributed by atoms with van der Waals surface area (Å²) in [5.41, 5.74) is 0.792. The molecule has 0 spiro atoms. The van der Waals surface area contributed by atoms with Crippen LogP contribution in [0.3, 0.4) is 0 Å². The lowest BCUT2D eigenvalue weighted by atomic mass is 10.2. The smallest absolute Gasteiger partial charge is 0.268 e. The molecule has 0 saturated carbocycles. The molecule has 1 aromatic carbocycles. The molecule has 0 amide bonds. The zero-order valence-electron chi connectivity index (χ0n) is 8.94. The van der Waals surface area contributed by atoms with Gasteiger partial charge in [-0.25, -0.2) is 0 Å². The summed E-state index contributed by atoms with van der Waals surface area (Å²) in [4.78, 5) is 11.9.